The van der Waals surface area contributed by atoms with Crippen molar-refractivity contribution >= 4 is 47.1 Å². The van der Waals surface area contributed by atoms with Crippen LogP contribution in [0.3, 0.4) is 0 Å². The Morgan fingerprint density at radius 2 is 1.26 bits per heavy atom. The van der Waals surface area contributed by atoms with E-state index in [9.17, 15) is 19.6 Å². The molecule has 0 atom stereocenters. The molecule has 6 rings (SSSR count). The third-order valence-corrected chi connectivity index (χ3v) is 9.34. The van der Waals surface area contributed by atoms with E-state index in [1.54, 1.807) is 104 Å². The first-order valence-electron chi connectivity index (χ1n) is 19.5. The number of carbonyl (C=O) groups excluding carboxylic acids is 3. The van der Waals surface area contributed by atoms with Gasteiger partial charge < -0.3 is 30.2 Å². The van der Waals surface area contributed by atoms with Gasteiger partial charge >= 0.3 is 18.0 Å². The van der Waals surface area contributed by atoms with Crippen molar-refractivity contribution in [1.82, 2.24) is 20.3 Å². The van der Waals surface area contributed by atoms with Crippen molar-refractivity contribution in [2.24, 2.45) is 4.99 Å². The number of pyridine rings is 2. The SMILES string of the molecule is C.CC(=O)OO.CCNC(=O)N=c1ccc(Cc2ccc(OC)c(-c3cccc(Cl)c3)c2F)cn1O.CCNC(=O)Nc1ccc(Cc2ccc(OC)c(-c3cccc(Cl)c3)c2F)cn1. The number of hydrogen-bond acceptors (Lipinski definition) is 9. The Labute approximate surface area is 385 Å². The average molecular weight is 936 g/mol. The number of aromatic nitrogens is 2. The summed E-state index contributed by atoms with van der Waals surface area (Å²) in [6.07, 6.45) is 3.56. The molecule has 2 heterocycles. The number of carbonyl (C=O) groups is 3. The van der Waals surface area contributed by atoms with Crippen LogP contribution in [-0.2, 0) is 22.5 Å². The molecular formula is C47H50Cl2F2N6O8. The van der Waals surface area contributed by atoms with Crippen molar-refractivity contribution in [3.05, 3.63) is 159 Å². The van der Waals surface area contributed by atoms with E-state index in [1.807, 2.05) is 6.92 Å². The van der Waals surface area contributed by atoms with Crippen LogP contribution in [0.25, 0.3) is 22.3 Å². The summed E-state index contributed by atoms with van der Waals surface area (Å²) in [7, 11) is 2.99. The molecular weight excluding hydrogens is 885 g/mol. The number of halogens is 4. The third-order valence-electron chi connectivity index (χ3n) is 8.87. The van der Waals surface area contributed by atoms with Gasteiger partial charge in [0.1, 0.15) is 29.0 Å². The van der Waals surface area contributed by atoms with Crippen molar-refractivity contribution in [3.8, 4) is 33.8 Å². The van der Waals surface area contributed by atoms with Crippen LogP contribution in [0.5, 0.6) is 11.5 Å². The molecule has 344 valence electrons. The van der Waals surface area contributed by atoms with Gasteiger partial charge in [0.25, 0.3) is 0 Å². The van der Waals surface area contributed by atoms with Crippen LogP contribution in [0.4, 0.5) is 24.2 Å². The summed E-state index contributed by atoms with van der Waals surface area (Å²) in [6, 6.07) is 26.4. The van der Waals surface area contributed by atoms with Gasteiger partial charge in [0, 0.05) is 55.3 Å². The summed E-state index contributed by atoms with van der Waals surface area (Å²) < 4.78 is 42.2. The van der Waals surface area contributed by atoms with Gasteiger partial charge in [0.05, 0.1) is 25.3 Å². The Morgan fingerprint density at radius 3 is 1.69 bits per heavy atom. The number of hydrogen-bond donors (Lipinski definition) is 5. The van der Waals surface area contributed by atoms with Gasteiger partial charge in [-0.05, 0) is 95.8 Å². The van der Waals surface area contributed by atoms with E-state index >= 15 is 8.78 Å². The molecule has 0 fully saturated rings. The summed E-state index contributed by atoms with van der Waals surface area (Å²) in [6.45, 7) is 5.66. The van der Waals surface area contributed by atoms with E-state index in [0.717, 1.165) is 17.2 Å². The molecule has 0 aliphatic rings. The summed E-state index contributed by atoms with van der Waals surface area (Å²) in [5, 5.41) is 26.2. The smallest absolute Gasteiger partial charge is 0.343 e. The average Bonchev–Trinajstić information content (AvgIpc) is 3.27. The van der Waals surface area contributed by atoms with Crippen LogP contribution in [-0.4, -0.2) is 65.5 Å². The number of methoxy groups -OCH3 is 2. The zero-order valence-corrected chi connectivity index (χ0v) is 36.9. The lowest BCUT2D eigenvalue weighted by molar-refractivity contribution is -0.231. The second-order valence-electron chi connectivity index (χ2n) is 13.4. The molecule has 0 bridgehead atoms. The largest absolute Gasteiger partial charge is 0.496 e. The van der Waals surface area contributed by atoms with Gasteiger partial charge in [0.15, 0.2) is 5.49 Å². The lowest BCUT2D eigenvalue weighted by Crippen LogP contribution is -2.28. The van der Waals surface area contributed by atoms with Crippen LogP contribution >= 0.6 is 23.2 Å². The van der Waals surface area contributed by atoms with Crippen molar-refractivity contribution in [2.45, 2.75) is 41.0 Å². The van der Waals surface area contributed by atoms with Gasteiger partial charge in [-0.15, -0.1) is 0 Å². The van der Waals surface area contributed by atoms with Gasteiger partial charge in [-0.25, -0.2) is 28.1 Å². The Bertz CT molecular complexity index is 2630. The molecule has 18 heteroatoms. The maximum Gasteiger partial charge on any atom is 0.343 e. The van der Waals surface area contributed by atoms with Gasteiger partial charge in [-0.3, -0.25) is 5.32 Å². The molecule has 0 unspecified atom stereocenters. The molecule has 0 aliphatic carbocycles. The number of amides is 4. The number of benzene rings is 4. The molecule has 65 heavy (non-hydrogen) atoms. The van der Waals surface area contributed by atoms with E-state index in [1.165, 1.54) is 26.5 Å². The van der Waals surface area contributed by atoms with Crippen LogP contribution in [0.2, 0.25) is 10.0 Å². The normalized spacial score (nSPS) is 10.5. The predicted octanol–water partition coefficient (Wildman–Crippen LogP) is 10.4. The molecule has 0 saturated carbocycles. The number of urea groups is 2. The minimum Gasteiger partial charge on any atom is -0.496 e. The Kier molecular flexibility index (Phi) is 20.9. The fraction of sp³-hybridized carbons (Fsp3) is 0.213. The molecule has 5 N–H and O–H groups in total. The van der Waals surface area contributed by atoms with Crippen LogP contribution in [0.1, 0.15) is 50.5 Å². The first kappa shape index (κ1) is 52.3. The lowest BCUT2D eigenvalue weighted by Gasteiger charge is -2.14. The molecule has 0 aliphatic heterocycles. The highest BCUT2D eigenvalue weighted by Crippen LogP contribution is 2.37. The fourth-order valence-corrected chi connectivity index (χ4v) is 6.40. The van der Waals surface area contributed by atoms with Crippen molar-refractivity contribution < 1.29 is 48.0 Å². The van der Waals surface area contributed by atoms with Crippen LogP contribution < -0.4 is 30.9 Å². The fourth-order valence-electron chi connectivity index (χ4n) is 6.02. The summed E-state index contributed by atoms with van der Waals surface area (Å²) in [4.78, 5) is 43.6. The molecule has 4 aromatic carbocycles. The molecule has 0 radical (unpaired) electrons. The third kappa shape index (κ3) is 15.3. The number of anilines is 1. The monoisotopic (exact) mass is 934 g/mol. The Morgan fingerprint density at radius 1 is 0.754 bits per heavy atom. The minimum atomic E-state index is -0.690. The maximum atomic E-state index is 15.4. The Hall–Kier alpha value is -7.01. The van der Waals surface area contributed by atoms with Crippen molar-refractivity contribution in [3.63, 3.8) is 0 Å². The minimum absolute atomic E-state index is 0. The topological polar surface area (TPSA) is 186 Å². The molecule has 0 saturated heterocycles. The number of nitrogens with one attached hydrogen (secondary N) is 3. The highest BCUT2D eigenvalue weighted by atomic mass is 35.5. The van der Waals surface area contributed by atoms with E-state index in [2.05, 4.69) is 30.8 Å². The Balaban J connectivity index is 0.000000309. The second-order valence-corrected chi connectivity index (χ2v) is 14.3. The molecule has 0 spiro atoms. The molecule has 14 nitrogen and oxygen atoms in total. The lowest BCUT2D eigenvalue weighted by atomic mass is 9.97. The number of rotatable bonds is 11. The van der Waals surface area contributed by atoms with Crippen molar-refractivity contribution in [1.29, 1.82) is 0 Å². The van der Waals surface area contributed by atoms with Gasteiger partial charge in [-0.2, -0.15) is 15.0 Å². The van der Waals surface area contributed by atoms with E-state index in [-0.39, 0.29) is 31.2 Å². The summed E-state index contributed by atoms with van der Waals surface area (Å²) in [5.74, 6) is -0.229. The molecule has 2 aromatic heterocycles. The van der Waals surface area contributed by atoms with Gasteiger partial charge in [0.2, 0.25) is 0 Å². The number of ether oxygens (including phenoxy) is 2. The summed E-state index contributed by atoms with van der Waals surface area (Å²) >= 11 is 12.1. The van der Waals surface area contributed by atoms with Crippen LogP contribution in [0, 0.1) is 11.6 Å². The zero-order chi connectivity index (χ0) is 46.8. The first-order chi connectivity index (χ1) is 30.7. The second kappa shape index (κ2) is 25.9. The zero-order valence-electron chi connectivity index (χ0n) is 35.4. The number of nitrogens with zero attached hydrogens (tertiary/aromatic N) is 3. The maximum absolute atomic E-state index is 15.4. The molecule has 4 amide bonds. The van der Waals surface area contributed by atoms with Crippen molar-refractivity contribution in [2.75, 3.05) is 32.6 Å². The highest BCUT2D eigenvalue weighted by molar-refractivity contribution is 6.31. The van der Waals surface area contributed by atoms with Gasteiger partial charge in [-0.1, -0.05) is 79.2 Å². The van der Waals surface area contributed by atoms with E-state index in [0.29, 0.717) is 85.8 Å². The highest BCUT2D eigenvalue weighted by Gasteiger charge is 2.19. The standard InChI is InChI=1S/C22H21ClFN3O3.C22H21ClFN3O2.C2H4O3.CH4/c1-3-25-22(28)26-19-10-7-14(13-27(19)29)11-16-8-9-18(30-2)20(21(16)24)15-5-4-6-17(23)12-15;1-3-25-22(28)27-19-10-7-14(13-26-19)11-16-8-9-18(29-2)20(21(16)24)15-5-4-6-17(23)12-15;1-2(3)5-4;/h4-10,12-13,29H,3,11H2,1-2H3,(H,25,28);4-10,12-13H,3,11H2,1-2H3,(H2,25,26,27,28);4H,1H3;1H4. The van der Waals surface area contributed by atoms with E-state index < -0.39 is 17.8 Å². The molecule has 6 aromatic rings. The van der Waals surface area contributed by atoms with E-state index in [4.69, 9.17) is 37.9 Å². The predicted molar refractivity (Wildman–Crippen MR) is 247 cm³/mol. The quantitative estimate of drug-likeness (QED) is 0.0479. The summed E-state index contributed by atoms with van der Waals surface area (Å²) in [5.41, 5.74) is 4.37. The van der Waals surface area contributed by atoms with Crippen LogP contribution in [0.15, 0.2) is 114 Å². The first-order valence-corrected chi connectivity index (χ1v) is 20.2.